The lowest BCUT2D eigenvalue weighted by atomic mass is 10.2. The number of ether oxygens (including phenoxy) is 1. The molecule has 0 unspecified atom stereocenters. The first-order valence-corrected chi connectivity index (χ1v) is 8.96. The fourth-order valence-corrected chi connectivity index (χ4v) is 3.90. The second-order valence-corrected chi connectivity index (χ2v) is 6.79. The van der Waals surface area contributed by atoms with Crippen molar-refractivity contribution in [2.45, 2.75) is 13.0 Å². The maximum Gasteiger partial charge on any atom is 0.254 e. The zero-order valence-electron chi connectivity index (χ0n) is 13.6. The van der Waals surface area contributed by atoms with E-state index in [0.29, 0.717) is 11.8 Å². The Morgan fingerprint density at radius 1 is 1.38 bits per heavy atom. The van der Waals surface area contributed by atoms with E-state index in [1.54, 1.807) is 15.9 Å². The number of fused-ring (bicyclic) bond motifs is 1. The van der Waals surface area contributed by atoms with Crippen LogP contribution >= 0.6 is 11.3 Å². The molecule has 8 heteroatoms. The third-order valence-corrected chi connectivity index (χ3v) is 5.19. The predicted molar refractivity (Wildman–Crippen MR) is 93.5 cm³/mol. The van der Waals surface area contributed by atoms with Crippen molar-refractivity contribution in [2.75, 3.05) is 38.2 Å². The third-order valence-electron chi connectivity index (χ3n) is 4.21. The van der Waals surface area contributed by atoms with Crippen LogP contribution in [0.1, 0.15) is 16.6 Å². The molecule has 3 aromatic heterocycles. The summed E-state index contributed by atoms with van der Waals surface area (Å²) in [4.78, 5) is 12.4. The zero-order chi connectivity index (χ0) is 16.4. The van der Waals surface area contributed by atoms with E-state index in [9.17, 15) is 0 Å². The molecule has 0 radical (unpaired) electrons. The first kappa shape index (κ1) is 15.5. The highest BCUT2D eigenvalue weighted by Crippen LogP contribution is 2.26. The maximum atomic E-state index is 5.50. The number of rotatable bonds is 5. The molecule has 0 saturated carbocycles. The summed E-state index contributed by atoms with van der Waals surface area (Å²) in [7, 11) is 0. The van der Waals surface area contributed by atoms with E-state index in [0.717, 1.165) is 44.4 Å². The van der Waals surface area contributed by atoms with Gasteiger partial charge >= 0.3 is 0 Å². The summed E-state index contributed by atoms with van der Waals surface area (Å²) in [5.41, 5.74) is 0.928. The van der Waals surface area contributed by atoms with Crippen molar-refractivity contribution < 1.29 is 4.74 Å². The molecule has 4 rings (SSSR count). The van der Waals surface area contributed by atoms with Gasteiger partial charge in [-0.25, -0.2) is 4.98 Å². The first-order chi connectivity index (χ1) is 11.8. The quantitative estimate of drug-likeness (QED) is 0.763. The molecule has 0 bridgehead atoms. The predicted octanol–water partition coefficient (Wildman–Crippen LogP) is 1.98. The molecule has 0 spiro atoms. The van der Waals surface area contributed by atoms with E-state index in [-0.39, 0.29) is 0 Å². The number of hydrogen-bond acceptors (Lipinski definition) is 7. The monoisotopic (exact) mass is 344 g/mol. The lowest BCUT2D eigenvalue weighted by Gasteiger charge is -2.34. The van der Waals surface area contributed by atoms with E-state index < -0.39 is 0 Å². The molecule has 0 amide bonds. The maximum absolute atomic E-state index is 5.50. The molecule has 0 aliphatic carbocycles. The van der Waals surface area contributed by atoms with Crippen molar-refractivity contribution in [1.82, 2.24) is 24.5 Å². The van der Waals surface area contributed by atoms with Gasteiger partial charge in [-0.05, 0) is 18.4 Å². The lowest BCUT2D eigenvalue weighted by molar-refractivity contribution is 0.0194. The van der Waals surface area contributed by atoms with Gasteiger partial charge in [0.25, 0.3) is 5.78 Å². The van der Waals surface area contributed by atoms with Gasteiger partial charge in [-0.2, -0.15) is 14.6 Å². The van der Waals surface area contributed by atoms with Crippen LogP contribution in [0.25, 0.3) is 5.78 Å². The molecular weight excluding hydrogens is 324 g/mol. The number of aryl methyl sites for hydroxylation is 1. The smallest absolute Gasteiger partial charge is 0.254 e. The number of hydrogen-bond donors (Lipinski definition) is 1. The minimum atomic E-state index is 0.320. The van der Waals surface area contributed by atoms with Crippen LogP contribution in [-0.4, -0.2) is 57.3 Å². The molecule has 126 valence electrons. The zero-order valence-corrected chi connectivity index (χ0v) is 14.4. The molecule has 1 aliphatic rings. The molecule has 1 saturated heterocycles. The highest BCUT2D eigenvalue weighted by Gasteiger charge is 2.23. The number of morpholine rings is 1. The normalized spacial score (nSPS) is 17.2. The molecule has 3 aromatic rings. The Morgan fingerprint density at radius 2 is 2.25 bits per heavy atom. The molecule has 1 atom stereocenters. The second kappa shape index (κ2) is 6.84. The minimum Gasteiger partial charge on any atom is -0.379 e. The minimum absolute atomic E-state index is 0.320. The van der Waals surface area contributed by atoms with Crippen LogP contribution in [-0.2, 0) is 4.74 Å². The van der Waals surface area contributed by atoms with Crippen molar-refractivity contribution in [3.05, 3.63) is 40.5 Å². The van der Waals surface area contributed by atoms with Crippen molar-refractivity contribution in [1.29, 1.82) is 0 Å². The summed E-state index contributed by atoms with van der Waals surface area (Å²) in [5.74, 6) is 1.54. The number of thiophene rings is 1. The van der Waals surface area contributed by atoms with Crippen LogP contribution in [0.15, 0.2) is 29.9 Å². The largest absolute Gasteiger partial charge is 0.379 e. The van der Waals surface area contributed by atoms with E-state index in [1.807, 2.05) is 13.0 Å². The van der Waals surface area contributed by atoms with Crippen LogP contribution in [0.4, 0.5) is 5.82 Å². The Hall–Kier alpha value is -2.03. The fourth-order valence-electron chi connectivity index (χ4n) is 3.04. The number of nitrogens with zero attached hydrogens (tertiary/aromatic N) is 5. The van der Waals surface area contributed by atoms with E-state index >= 15 is 0 Å². The topological polar surface area (TPSA) is 67.6 Å². The van der Waals surface area contributed by atoms with Gasteiger partial charge < -0.3 is 10.1 Å². The molecule has 24 heavy (non-hydrogen) atoms. The first-order valence-electron chi connectivity index (χ1n) is 8.08. The second-order valence-electron chi connectivity index (χ2n) is 5.82. The van der Waals surface area contributed by atoms with Gasteiger partial charge in [0.2, 0.25) is 0 Å². The average molecular weight is 344 g/mol. The Morgan fingerprint density at radius 3 is 3.04 bits per heavy atom. The molecule has 4 heterocycles. The molecule has 1 N–H and O–H groups in total. The SMILES string of the molecule is Cc1cc(NC[C@H](c2cccs2)N2CCOCC2)n2ncnc2n1. The van der Waals surface area contributed by atoms with Crippen LogP contribution in [0.2, 0.25) is 0 Å². The Labute approximate surface area is 144 Å². The van der Waals surface area contributed by atoms with Crippen molar-refractivity contribution in [3.63, 3.8) is 0 Å². The molecule has 0 aromatic carbocycles. The van der Waals surface area contributed by atoms with Crippen molar-refractivity contribution in [2.24, 2.45) is 0 Å². The molecule has 1 aliphatic heterocycles. The van der Waals surface area contributed by atoms with E-state index in [2.05, 4.69) is 42.8 Å². The number of aromatic nitrogens is 4. The van der Waals surface area contributed by atoms with Crippen LogP contribution in [0, 0.1) is 6.92 Å². The van der Waals surface area contributed by atoms with Gasteiger partial charge in [-0.3, -0.25) is 4.90 Å². The van der Waals surface area contributed by atoms with Crippen molar-refractivity contribution in [3.8, 4) is 0 Å². The molecule has 7 nitrogen and oxygen atoms in total. The standard InChI is InChI=1S/C16H20N6OS/c1-12-9-15(22-16(20-12)18-11-19-22)17-10-13(14-3-2-8-24-14)21-4-6-23-7-5-21/h2-3,8-9,11,13,17H,4-7,10H2,1H3/t13-/m1/s1. The van der Waals surface area contributed by atoms with E-state index in [4.69, 9.17) is 4.74 Å². The lowest BCUT2D eigenvalue weighted by Crippen LogP contribution is -2.41. The average Bonchev–Trinajstić information content (AvgIpc) is 3.27. The van der Waals surface area contributed by atoms with Gasteiger partial charge in [0, 0.05) is 36.3 Å². The highest BCUT2D eigenvalue weighted by molar-refractivity contribution is 7.10. The highest BCUT2D eigenvalue weighted by atomic mass is 32.1. The molecular formula is C16H20N6OS. The molecule has 1 fully saturated rings. The van der Waals surface area contributed by atoms with Gasteiger partial charge in [0.05, 0.1) is 19.3 Å². The van der Waals surface area contributed by atoms with Gasteiger partial charge in [-0.1, -0.05) is 6.07 Å². The van der Waals surface area contributed by atoms with E-state index in [1.165, 1.54) is 11.2 Å². The number of anilines is 1. The van der Waals surface area contributed by atoms with Gasteiger partial charge in [-0.15, -0.1) is 11.3 Å². The Balaban J connectivity index is 1.57. The summed E-state index contributed by atoms with van der Waals surface area (Å²) < 4.78 is 7.25. The summed E-state index contributed by atoms with van der Waals surface area (Å²) in [5, 5.41) is 9.94. The third kappa shape index (κ3) is 3.12. The van der Waals surface area contributed by atoms with Gasteiger partial charge in [0.1, 0.15) is 12.1 Å². The number of nitrogens with one attached hydrogen (secondary N) is 1. The Bertz CT molecular complexity index is 796. The summed E-state index contributed by atoms with van der Waals surface area (Å²) in [6.07, 6.45) is 1.53. The van der Waals surface area contributed by atoms with Crippen LogP contribution in [0.5, 0.6) is 0 Å². The van der Waals surface area contributed by atoms with Crippen LogP contribution in [0.3, 0.4) is 0 Å². The van der Waals surface area contributed by atoms with Crippen molar-refractivity contribution >= 4 is 22.9 Å². The summed E-state index contributed by atoms with van der Waals surface area (Å²) in [6, 6.07) is 6.64. The van der Waals surface area contributed by atoms with Crippen LogP contribution < -0.4 is 5.32 Å². The Kier molecular flexibility index (Phi) is 4.42. The summed E-state index contributed by atoms with van der Waals surface area (Å²) >= 11 is 1.80. The summed E-state index contributed by atoms with van der Waals surface area (Å²) in [6.45, 7) is 6.28. The van der Waals surface area contributed by atoms with Gasteiger partial charge in [0.15, 0.2) is 0 Å². The fraction of sp³-hybridized carbons (Fsp3) is 0.438.